The van der Waals surface area contributed by atoms with Crippen molar-refractivity contribution in [3.8, 4) is 0 Å². The number of hydrogen-bond donors (Lipinski definition) is 2. The van der Waals surface area contributed by atoms with Crippen molar-refractivity contribution in [2.45, 2.75) is 51.6 Å². The molecular formula is C19H23N5O. The quantitative estimate of drug-likeness (QED) is 0.719. The van der Waals surface area contributed by atoms with Crippen molar-refractivity contribution in [3.63, 3.8) is 0 Å². The third kappa shape index (κ3) is 3.04. The highest BCUT2D eigenvalue weighted by molar-refractivity contribution is 5.83. The zero-order valence-electron chi connectivity index (χ0n) is 14.5. The number of H-pyrrole nitrogens is 1. The van der Waals surface area contributed by atoms with Gasteiger partial charge in [-0.05, 0) is 50.3 Å². The SMILES string of the molecule is CC(C(=O)NCc1n[nH]c2c1CCCCC2)n1cnc2ccccc21. The fraction of sp³-hybridized carbons (Fsp3) is 0.421. The summed E-state index contributed by atoms with van der Waals surface area (Å²) in [6.07, 6.45) is 7.53. The molecule has 2 heterocycles. The highest BCUT2D eigenvalue weighted by Crippen LogP contribution is 2.22. The van der Waals surface area contributed by atoms with Gasteiger partial charge in [-0.2, -0.15) is 5.10 Å². The molecule has 1 unspecified atom stereocenters. The number of fused-ring (bicyclic) bond motifs is 2. The molecule has 6 heteroatoms. The van der Waals surface area contributed by atoms with Crippen LogP contribution >= 0.6 is 0 Å². The summed E-state index contributed by atoms with van der Waals surface area (Å²) in [5, 5.41) is 10.6. The lowest BCUT2D eigenvalue weighted by Gasteiger charge is -2.14. The van der Waals surface area contributed by atoms with E-state index in [0.717, 1.165) is 29.6 Å². The Bertz CT molecular complexity index is 894. The number of carbonyl (C=O) groups is 1. The van der Waals surface area contributed by atoms with Crippen LogP contribution in [0, 0.1) is 0 Å². The number of aromatic amines is 1. The second-order valence-electron chi connectivity index (χ2n) is 6.72. The predicted octanol–water partition coefficient (Wildman–Crippen LogP) is 2.91. The van der Waals surface area contributed by atoms with Gasteiger partial charge in [-0.15, -0.1) is 0 Å². The number of para-hydroxylation sites is 2. The lowest BCUT2D eigenvalue weighted by Crippen LogP contribution is -2.30. The van der Waals surface area contributed by atoms with Crippen LogP contribution in [0.15, 0.2) is 30.6 Å². The van der Waals surface area contributed by atoms with Crippen molar-refractivity contribution in [2.75, 3.05) is 0 Å². The standard InChI is InChI=1S/C19H23N5O/c1-13(24-12-21-16-9-5-6-10-18(16)24)19(25)20-11-17-14-7-3-2-4-8-15(14)22-23-17/h5-6,9-10,12-13H,2-4,7-8,11H2,1H3,(H,20,25)(H,22,23). The van der Waals surface area contributed by atoms with E-state index < -0.39 is 0 Å². The first kappa shape index (κ1) is 15.9. The first-order valence-electron chi connectivity index (χ1n) is 8.98. The number of carbonyl (C=O) groups excluding carboxylic acids is 1. The minimum Gasteiger partial charge on any atom is -0.349 e. The lowest BCUT2D eigenvalue weighted by molar-refractivity contribution is -0.124. The molecule has 1 aliphatic rings. The Morgan fingerprint density at radius 2 is 2.12 bits per heavy atom. The number of nitrogens with one attached hydrogen (secondary N) is 2. The fourth-order valence-corrected chi connectivity index (χ4v) is 3.60. The maximum Gasteiger partial charge on any atom is 0.243 e. The molecule has 130 valence electrons. The maximum atomic E-state index is 12.6. The van der Waals surface area contributed by atoms with E-state index in [1.807, 2.05) is 35.8 Å². The third-order valence-corrected chi connectivity index (χ3v) is 5.10. The molecule has 0 fully saturated rings. The van der Waals surface area contributed by atoms with Crippen molar-refractivity contribution in [1.29, 1.82) is 0 Å². The average Bonchev–Trinajstić information content (AvgIpc) is 3.16. The van der Waals surface area contributed by atoms with Gasteiger partial charge in [-0.25, -0.2) is 4.98 Å². The summed E-state index contributed by atoms with van der Waals surface area (Å²) in [7, 11) is 0. The van der Waals surface area contributed by atoms with Crippen LogP contribution in [-0.4, -0.2) is 25.7 Å². The zero-order chi connectivity index (χ0) is 17.2. The van der Waals surface area contributed by atoms with E-state index in [-0.39, 0.29) is 11.9 Å². The van der Waals surface area contributed by atoms with Crippen LogP contribution in [0.3, 0.4) is 0 Å². The fourth-order valence-electron chi connectivity index (χ4n) is 3.60. The highest BCUT2D eigenvalue weighted by atomic mass is 16.2. The molecule has 0 aliphatic heterocycles. The van der Waals surface area contributed by atoms with Gasteiger partial charge in [-0.1, -0.05) is 18.6 Å². The summed E-state index contributed by atoms with van der Waals surface area (Å²) in [4.78, 5) is 17.0. The topological polar surface area (TPSA) is 75.6 Å². The number of imidazole rings is 1. The van der Waals surface area contributed by atoms with Gasteiger partial charge in [0.05, 0.1) is 29.6 Å². The molecule has 1 aliphatic carbocycles. The Labute approximate surface area is 146 Å². The minimum atomic E-state index is -0.315. The molecule has 0 saturated carbocycles. The summed E-state index contributed by atoms with van der Waals surface area (Å²) in [6, 6.07) is 7.54. The Kier molecular flexibility index (Phi) is 4.26. The van der Waals surface area contributed by atoms with Crippen LogP contribution in [0.1, 0.15) is 49.2 Å². The second kappa shape index (κ2) is 6.70. The molecule has 0 bridgehead atoms. The van der Waals surface area contributed by atoms with Gasteiger partial charge in [0, 0.05) is 5.69 Å². The van der Waals surface area contributed by atoms with E-state index in [4.69, 9.17) is 0 Å². The molecule has 0 saturated heterocycles. The molecule has 6 nitrogen and oxygen atoms in total. The monoisotopic (exact) mass is 337 g/mol. The molecule has 2 aromatic heterocycles. The van der Waals surface area contributed by atoms with Crippen LogP contribution in [0.4, 0.5) is 0 Å². The summed E-state index contributed by atoms with van der Waals surface area (Å²) >= 11 is 0. The third-order valence-electron chi connectivity index (χ3n) is 5.10. The van der Waals surface area contributed by atoms with Crippen LogP contribution in [0.2, 0.25) is 0 Å². The first-order valence-corrected chi connectivity index (χ1v) is 8.98. The molecule has 1 aromatic carbocycles. The number of amides is 1. The van der Waals surface area contributed by atoms with Gasteiger partial charge >= 0.3 is 0 Å². The van der Waals surface area contributed by atoms with E-state index >= 15 is 0 Å². The molecular weight excluding hydrogens is 314 g/mol. The molecule has 0 radical (unpaired) electrons. The number of benzene rings is 1. The second-order valence-corrected chi connectivity index (χ2v) is 6.72. The Balaban J connectivity index is 1.46. The number of aryl methyl sites for hydroxylation is 1. The number of rotatable bonds is 4. The van der Waals surface area contributed by atoms with Gasteiger partial charge in [-0.3, -0.25) is 9.89 Å². The average molecular weight is 337 g/mol. The Morgan fingerprint density at radius 1 is 1.28 bits per heavy atom. The minimum absolute atomic E-state index is 0.0199. The van der Waals surface area contributed by atoms with Crippen molar-refractivity contribution in [3.05, 3.63) is 47.5 Å². The predicted molar refractivity (Wildman–Crippen MR) is 96.1 cm³/mol. The zero-order valence-corrected chi connectivity index (χ0v) is 14.5. The number of nitrogens with zero attached hydrogens (tertiary/aromatic N) is 3. The van der Waals surface area contributed by atoms with Crippen LogP contribution < -0.4 is 5.32 Å². The molecule has 2 N–H and O–H groups in total. The van der Waals surface area contributed by atoms with E-state index in [9.17, 15) is 4.79 Å². The van der Waals surface area contributed by atoms with Gasteiger partial charge in [0.15, 0.2) is 0 Å². The summed E-state index contributed by atoms with van der Waals surface area (Å²) in [5.41, 5.74) is 5.40. The molecule has 3 aromatic rings. The first-order chi connectivity index (χ1) is 12.2. The van der Waals surface area contributed by atoms with Crippen LogP contribution in [0.5, 0.6) is 0 Å². The van der Waals surface area contributed by atoms with Crippen molar-refractivity contribution in [1.82, 2.24) is 25.1 Å². The Hall–Kier alpha value is -2.63. The molecule has 1 amide bonds. The largest absolute Gasteiger partial charge is 0.349 e. The maximum absolute atomic E-state index is 12.6. The van der Waals surface area contributed by atoms with E-state index in [1.54, 1.807) is 6.33 Å². The van der Waals surface area contributed by atoms with Crippen molar-refractivity contribution >= 4 is 16.9 Å². The number of aromatic nitrogens is 4. The van der Waals surface area contributed by atoms with Crippen LogP contribution in [-0.2, 0) is 24.2 Å². The van der Waals surface area contributed by atoms with E-state index in [1.165, 1.54) is 30.5 Å². The van der Waals surface area contributed by atoms with Crippen molar-refractivity contribution in [2.24, 2.45) is 0 Å². The summed E-state index contributed by atoms with van der Waals surface area (Å²) in [6.45, 7) is 2.37. The van der Waals surface area contributed by atoms with E-state index in [2.05, 4.69) is 20.5 Å². The molecule has 4 rings (SSSR count). The lowest BCUT2D eigenvalue weighted by atomic mass is 10.1. The molecule has 1 atom stereocenters. The van der Waals surface area contributed by atoms with E-state index in [0.29, 0.717) is 6.54 Å². The molecule has 25 heavy (non-hydrogen) atoms. The smallest absolute Gasteiger partial charge is 0.243 e. The van der Waals surface area contributed by atoms with Crippen molar-refractivity contribution < 1.29 is 4.79 Å². The molecule has 0 spiro atoms. The van der Waals surface area contributed by atoms with Gasteiger partial charge in [0.1, 0.15) is 6.04 Å². The van der Waals surface area contributed by atoms with Crippen LogP contribution in [0.25, 0.3) is 11.0 Å². The van der Waals surface area contributed by atoms with Gasteiger partial charge < -0.3 is 9.88 Å². The van der Waals surface area contributed by atoms with Gasteiger partial charge in [0.2, 0.25) is 5.91 Å². The normalized spacial score (nSPS) is 15.6. The summed E-state index contributed by atoms with van der Waals surface area (Å²) in [5.74, 6) is -0.0199. The Morgan fingerprint density at radius 3 is 3.04 bits per heavy atom. The summed E-state index contributed by atoms with van der Waals surface area (Å²) < 4.78 is 1.91. The van der Waals surface area contributed by atoms with Gasteiger partial charge in [0.25, 0.3) is 0 Å². The number of hydrogen-bond acceptors (Lipinski definition) is 3. The highest BCUT2D eigenvalue weighted by Gasteiger charge is 2.19.